The summed E-state index contributed by atoms with van der Waals surface area (Å²) in [6.45, 7) is 8.97. The molecule has 4 rings (SSSR count). The maximum absolute atomic E-state index is 12.2. The topological polar surface area (TPSA) is 34.1 Å². The average Bonchev–Trinajstić information content (AvgIpc) is 2.86. The Morgan fingerprint density at radius 1 is 1.12 bits per heavy atom. The third-order valence-electron chi connectivity index (χ3n) is 9.00. The lowest BCUT2D eigenvalue weighted by Crippen LogP contribution is -2.53. The van der Waals surface area contributed by atoms with Gasteiger partial charge in [-0.2, -0.15) is 0 Å². The first-order valence-electron chi connectivity index (χ1n) is 10.0. The third-order valence-corrected chi connectivity index (χ3v) is 9.00. The van der Waals surface area contributed by atoms with E-state index in [-0.39, 0.29) is 10.8 Å². The number of hydrogen-bond donors (Lipinski definition) is 0. The van der Waals surface area contributed by atoms with Gasteiger partial charge in [0.2, 0.25) is 0 Å². The molecule has 0 aromatic rings. The second-order valence-electron chi connectivity index (χ2n) is 9.72. The third kappa shape index (κ3) is 2.01. The molecular weight excluding hydrogens is 296 g/mol. The van der Waals surface area contributed by atoms with Crippen LogP contribution in [0.15, 0.2) is 11.6 Å². The van der Waals surface area contributed by atoms with Crippen molar-refractivity contribution < 1.29 is 9.59 Å². The van der Waals surface area contributed by atoms with Crippen LogP contribution in [0.1, 0.15) is 72.6 Å². The molecule has 0 amide bonds. The summed E-state index contributed by atoms with van der Waals surface area (Å²) in [7, 11) is 0. The average molecular weight is 328 g/mol. The van der Waals surface area contributed by atoms with Crippen LogP contribution in [0.4, 0.5) is 0 Å². The Labute approximate surface area is 146 Å². The first kappa shape index (κ1) is 16.5. The molecule has 0 N–H and O–H groups in total. The fraction of sp³-hybridized carbons (Fsp3) is 0.818. The van der Waals surface area contributed by atoms with Crippen molar-refractivity contribution in [3.05, 3.63) is 11.6 Å². The van der Waals surface area contributed by atoms with Gasteiger partial charge in [-0.05, 0) is 86.0 Å². The normalized spacial score (nSPS) is 50.6. The molecule has 24 heavy (non-hydrogen) atoms. The summed E-state index contributed by atoms with van der Waals surface area (Å²) in [6, 6.07) is 0. The minimum atomic E-state index is 0.215. The van der Waals surface area contributed by atoms with Crippen LogP contribution in [0.3, 0.4) is 0 Å². The molecule has 0 aliphatic heterocycles. The number of carbonyl (C=O) groups excluding carboxylic acids is 2. The monoisotopic (exact) mass is 328 g/mol. The van der Waals surface area contributed by atoms with Crippen molar-refractivity contribution in [3.63, 3.8) is 0 Å². The number of ketones is 2. The first-order valence-corrected chi connectivity index (χ1v) is 10.0. The van der Waals surface area contributed by atoms with Crippen molar-refractivity contribution in [2.45, 2.75) is 72.6 Å². The zero-order valence-corrected chi connectivity index (χ0v) is 15.7. The van der Waals surface area contributed by atoms with Gasteiger partial charge in [0, 0.05) is 12.3 Å². The van der Waals surface area contributed by atoms with Crippen LogP contribution in [-0.4, -0.2) is 11.6 Å². The molecule has 2 nitrogen and oxygen atoms in total. The van der Waals surface area contributed by atoms with Crippen molar-refractivity contribution in [2.24, 2.45) is 40.4 Å². The molecule has 0 aromatic carbocycles. The van der Waals surface area contributed by atoms with Crippen LogP contribution in [0.5, 0.6) is 0 Å². The molecule has 3 fully saturated rings. The fourth-order valence-corrected chi connectivity index (χ4v) is 7.61. The Balaban J connectivity index is 1.70. The van der Waals surface area contributed by atoms with Crippen LogP contribution in [-0.2, 0) is 9.59 Å². The summed E-state index contributed by atoms with van der Waals surface area (Å²) >= 11 is 0. The molecule has 0 heterocycles. The molecule has 132 valence electrons. The molecule has 0 saturated heterocycles. The number of Topliss-reactive ketones (excluding diaryl/α,β-unsaturated/α-hetero) is 1. The summed E-state index contributed by atoms with van der Waals surface area (Å²) in [5.41, 5.74) is 1.89. The molecule has 0 spiro atoms. The van der Waals surface area contributed by atoms with Crippen LogP contribution in [0, 0.1) is 40.4 Å². The van der Waals surface area contributed by atoms with Crippen molar-refractivity contribution in [1.29, 1.82) is 0 Å². The quantitative estimate of drug-likeness (QED) is 0.681. The standard InChI is InChI=1S/C22H32O2/c1-13-11-16(24)12-15-5-6-17-19-8-7-18(14(2)23)21(19,3)10-9-20(17)22(13,15)4/h12-13,17-20H,5-11H2,1-4H3/t13?,17-,18+,19-,20-,21+,22-/m0/s1. The van der Waals surface area contributed by atoms with Crippen LogP contribution < -0.4 is 0 Å². The van der Waals surface area contributed by atoms with Gasteiger partial charge in [-0.1, -0.05) is 26.3 Å². The predicted molar refractivity (Wildman–Crippen MR) is 95.4 cm³/mol. The van der Waals surface area contributed by atoms with E-state index in [4.69, 9.17) is 0 Å². The van der Waals surface area contributed by atoms with Crippen molar-refractivity contribution in [1.82, 2.24) is 0 Å². The van der Waals surface area contributed by atoms with Crippen LogP contribution >= 0.6 is 0 Å². The number of hydrogen-bond acceptors (Lipinski definition) is 2. The Bertz CT molecular complexity index is 617. The Kier molecular flexibility index (Phi) is 3.64. The van der Waals surface area contributed by atoms with E-state index < -0.39 is 0 Å². The number of rotatable bonds is 1. The minimum Gasteiger partial charge on any atom is -0.300 e. The molecule has 0 radical (unpaired) electrons. The lowest BCUT2D eigenvalue weighted by molar-refractivity contribution is -0.130. The van der Waals surface area contributed by atoms with E-state index in [0.717, 1.165) is 25.2 Å². The lowest BCUT2D eigenvalue weighted by Gasteiger charge is -2.59. The molecule has 1 unspecified atom stereocenters. The van der Waals surface area contributed by atoms with Gasteiger partial charge in [0.15, 0.2) is 5.78 Å². The molecule has 2 heteroatoms. The number of carbonyl (C=O) groups is 2. The largest absolute Gasteiger partial charge is 0.300 e. The van der Waals surface area contributed by atoms with Crippen molar-refractivity contribution >= 4 is 11.6 Å². The SMILES string of the molecule is CC(=O)[C@H]1CC[C@H]2[C@@H]3CCC4=CC(=O)CC(C)[C@]4(C)[C@H]3CC[C@]12C. The molecule has 4 aliphatic carbocycles. The van der Waals surface area contributed by atoms with E-state index in [2.05, 4.69) is 20.8 Å². The van der Waals surface area contributed by atoms with Gasteiger partial charge >= 0.3 is 0 Å². The summed E-state index contributed by atoms with van der Waals surface area (Å²) in [5.74, 6) is 3.69. The van der Waals surface area contributed by atoms with E-state index in [0.29, 0.717) is 35.2 Å². The smallest absolute Gasteiger partial charge is 0.155 e. The first-order chi connectivity index (χ1) is 11.3. The molecule has 0 aromatic heterocycles. The number of allylic oxidation sites excluding steroid dienone is 1. The lowest BCUT2D eigenvalue weighted by atomic mass is 9.45. The van der Waals surface area contributed by atoms with Crippen LogP contribution in [0.2, 0.25) is 0 Å². The van der Waals surface area contributed by atoms with Gasteiger partial charge in [0.1, 0.15) is 5.78 Å². The highest BCUT2D eigenvalue weighted by molar-refractivity contribution is 5.92. The zero-order chi connectivity index (χ0) is 17.3. The van der Waals surface area contributed by atoms with E-state index in [1.807, 2.05) is 13.0 Å². The second-order valence-corrected chi connectivity index (χ2v) is 9.72. The molecule has 0 bridgehead atoms. The van der Waals surface area contributed by atoms with Gasteiger partial charge in [0.05, 0.1) is 0 Å². The van der Waals surface area contributed by atoms with Crippen molar-refractivity contribution in [2.75, 3.05) is 0 Å². The summed E-state index contributed by atoms with van der Waals surface area (Å²) < 4.78 is 0. The van der Waals surface area contributed by atoms with Gasteiger partial charge in [-0.25, -0.2) is 0 Å². The van der Waals surface area contributed by atoms with Gasteiger partial charge in [-0.15, -0.1) is 0 Å². The highest BCUT2D eigenvalue weighted by Gasteiger charge is 2.60. The summed E-state index contributed by atoms with van der Waals surface area (Å²) in [6.07, 6.45) is 9.85. The molecular formula is C22H32O2. The Morgan fingerprint density at radius 2 is 1.88 bits per heavy atom. The predicted octanol–water partition coefficient (Wildman–Crippen LogP) is 4.97. The Morgan fingerprint density at radius 3 is 2.58 bits per heavy atom. The van der Waals surface area contributed by atoms with E-state index >= 15 is 0 Å². The molecule has 7 atom stereocenters. The zero-order valence-electron chi connectivity index (χ0n) is 15.7. The van der Waals surface area contributed by atoms with Gasteiger partial charge in [0.25, 0.3) is 0 Å². The molecule has 3 saturated carbocycles. The fourth-order valence-electron chi connectivity index (χ4n) is 7.61. The minimum absolute atomic E-state index is 0.215. The van der Waals surface area contributed by atoms with Crippen LogP contribution in [0.25, 0.3) is 0 Å². The van der Waals surface area contributed by atoms with Gasteiger partial charge in [-0.3, -0.25) is 9.59 Å². The second kappa shape index (κ2) is 5.29. The summed E-state index contributed by atoms with van der Waals surface area (Å²) in [4.78, 5) is 24.3. The van der Waals surface area contributed by atoms with E-state index in [9.17, 15) is 9.59 Å². The maximum Gasteiger partial charge on any atom is 0.155 e. The van der Waals surface area contributed by atoms with E-state index in [1.165, 1.54) is 31.3 Å². The highest BCUT2D eigenvalue weighted by atomic mass is 16.1. The molecule has 4 aliphatic rings. The maximum atomic E-state index is 12.2. The van der Waals surface area contributed by atoms with E-state index in [1.54, 1.807) is 0 Å². The number of fused-ring (bicyclic) bond motifs is 5. The van der Waals surface area contributed by atoms with Gasteiger partial charge < -0.3 is 0 Å². The summed E-state index contributed by atoms with van der Waals surface area (Å²) in [5, 5.41) is 0. The van der Waals surface area contributed by atoms with Crippen molar-refractivity contribution in [3.8, 4) is 0 Å². The highest BCUT2D eigenvalue weighted by Crippen LogP contribution is 2.67. The Hall–Kier alpha value is -0.920.